The molecule has 2 atom stereocenters. The van der Waals surface area contributed by atoms with Crippen molar-refractivity contribution in [2.75, 3.05) is 6.54 Å². The maximum Gasteiger partial charge on any atom is 0.241 e. The molecule has 0 bridgehead atoms. The normalized spacial score (nSPS) is 18.5. The van der Waals surface area contributed by atoms with Crippen molar-refractivity contribution in [3.63, 3.8) is 0 Å². The topological polar surface area (TPSA) is 44.4 Å². The second-order valence-corrected chi connectivity index (χ2v) is 7.52. The van der Waals surface area contributed by atoms with E-state index in [1.54, 1.807) is 0 Å². The molecule has 2 unspecified atom stereocenters. The Kier molecular flexibility index (Phi) is 6.35. The standard InChI is InChI=1S/C25H27N3O/c29-25(24-18-23(26-27-24)22-14-8-3-9-15-22)28(19-21-12-6-2-7-13-21)17-16-20-10-4-1-5-11-20/h1-15,23-24,26-27H,16-19H2. The highest BCUT2D eigenvalue weighted by molar-refractivity contribution is 5.82. The lowest BCUT2D eigenvalue weighted by Crippen LogP contribution is -2.46. The van der Waals surface area contributed by atoms with Crippen LogP contribution < -0.4 is 10.9 Å². The van der Waals surface area contributed by atoms with Crippen LogP contribution in [0.2, 0.25) is 0 Å². The van der Waals surface area contributed by atoms with Gasteiger partial charge in [-0.05, 0) is 29.5 Å². The molecule has 3 aromatic carbocycles. The number of hydrazine groups is 1. The van der Waals surface area contributed by atoms with Crippen molar-refractivity contribution in [3.8, 4) is 0 Å². The van der Waals surface area contributed by atoms with E-state index in [4.69, 9.17) is 0 Å². The van der Waals surface area contributed by atoms with Crippen molar-refractivity contribution in [1.29, 1.82) is 0 Å². The predicted molar refractivity (Wildman–Crippen MR) is 116 cm³/mol. The van der Waals surface area contributed by atoms with Crippen LogP contribution >= 0.6 is 0 Å². The minimum absolute atomic E-state index is 0.149. The number of carbonyl (C=O) groups is 1. The SMILES string of the molecule is O=C(C1CC(c2ccccc2)NN1)N(CCc1ccccc1)Cc1ccccc1. The summed E-state index contributed by atoms with van der Waals surface area (Å²) in [6.07, 6.45) is 1.60. The summed E-state index contributed by atoms with van der Waals surface area (Å²) in [7, 11) is 0. The second kappa shape index (κ2) is 9.50. The minimum atomic E-state index is -0.223. The third-order valence-corrected chi connectivity index (χ3v) is 5.44. The molecular formula is C25H27N3O. The number of nitrogens with one attached hydrogen (secondary N) is 2. The van der Waals surface area contributed by atoms with Crippen molar-refractivity contribution < 1.29 is 4.79 Å². The van der Waals surface area contributed by atoms with Gasteiger partial charge in [-0.25, -0.2) is 10.9 Å². The number of carbonyl (C=O) groups excluding carboxylic acids is 1. The first-order valence-corrected chi connectivity index (χ1v) is 10.2. The zero-order valence-electron chi connectivity index (χ0n) is 16.5. The van der Waals surface area contributed by atoms with Gasteiger partial charge in [-0.15, -0.1) is 0 Å². The highest BCUT2D eigenvalue weighted by Crippen LogP contribution is 2.23. The highest BCUT2D eigenvalue weighted by atomic mass is 16.2. The Morgan fingerprint density at radius 1 is 0.793 bits per heavy atom. The van der Waals surface area contributed by atoms with E-state index < -0.39 is 0 Å². The number of hydrogen-bond acceptors (Lipinski definition) is 3. The fraction of sp³-hybridized carbons (Fsp3) is 0.240. The van der Waals surface area contributed by atoms with Gasteiger partial charge in [-0.2, -0.15) is 0 Å². The molecule has 1 amide bonds. The third-order valence-electron chi connectivity index (χ3n) is 5.44. The van der Waals surface area contributed by atoms with Crippen LogP contribution in [0.5, 0.6) is 0 Å². The number of benzene rings is 3. The van der Waals surface area contributed by atoms with E-state index >= 15 is 0 Å². The van der Waals surface area contributed by atoms with E-state index in [9.17, 15) is 4.79 Å². The average molecular weight is 386 g/mol. The largest absolute Gasteiger partial charge is 0.337 e. The maximum atomic E-state index is 13.4. The van der Waals surface area contributed by atoms with Crippen LogP contribution in [0, 0.1) is 0 Å². The van der Waals surface area contributed by atoms with E-state index in [1.165, 1.54) is 11.1 Å². The molecule has 0 spiro atoms. The lowest BCUT2D eigenvalue weighted by molar-refractivity contribution is -0.133. The van der Waals surface area contributed by atoms with E-state index in [0.29, 0.717) is 13.1 Å². The summed E-state index contributed by atoms with van der Waals surface area (Å²) in [4.78, 5) is 15.4. The molecule has 0 saturated carbocycles. The Hall–Kier alpha value is -2.95. The van der Waals surface area contributed by atoms with E-state index in [1.807, 2.05) is 59.5 Å². The van der Waals surface area contributed by atoms with Gasteiger partial charge < -0.3 is 4.90 Å². The van der Waals surface area contributed by atoms with E-state index in [-0.39, 0.29) is 18.0 Å². The Labute approximate surface area is 172 Å². The number of hydrogen-bond donors (Lipinski definition) is 2. The first-order chi connectivity index (χ1) is 14.3. The van der Waals surface area contributed by atoms with Crippen LogP contribution in [0.3, 0.4) is 0 Å². The van der Waals surface area contributed by atoms with Crippen LogP contribution in [0.15, 0.2) is 91.0 Å². The summed E-state index contributed by atoms with van der Waals surface area (Å²) in [5, 5.41) is 0. The summed E-state index contributed by atoms with van der Waals surface area (Å²) < 4.78 is 0. The first-order valence-electron chi connectivity index (χ1n) is 10.2. The summed E-state index contributed by atoms with van der Waals surface area (Å²) in [6.45, 7) is 1.33. The smallest absolute Gasteiger partial charge is 0.241 e. The Morgan fingerprint density at radius 2 is 1.38 bits per heavy atom. The molecule has 4 nitrogen and oxygen atoms in total. The fourth-order valence-corrected chi connectivity index (χ4v) is 3.82. The molecule has 1 aliphatic rings. The summed E-state index contributed by atoms with van der Waals surface area (Å²) in [5.74, 6) is 0.149. The monoisotopic (exact) mass is 385 g/mol. The molecule has 29 heavy (non-hydrogen) atoms. The van der Waals surface area contributed by atoms with Crippen molar-refractivity contribution in [3.05, 3.63) is 108 Å². The molecule has 0 aliphatic carbocycles. The molecule has 3 aromatic rings. The van der Waals surface area contributed by atoms with Gasteiger partial charge in [-0.3, -0.25) is 4.79 Å². The van der Waals surface area contributed by atoms with Crippen LogP contribution in [0.4, 0.5) is 0 Å². The van der Waals surface area contributed by atoms with Gasteiger partial charge in [0.2, 0.25) is 5.91 Å². The molecular weight excluding hydrogens is 358 g/mol. The lowest BCUT2D eigenvalue weighted by atomic mass is 10.0. The van der Waals surface area contributed by atoms with Gasteiger partial charge in [0.05, 0.1) is 0 Å². The minimum Gasteiger partial charge on any atom is -0.337 e. The molecule has 4 rings (SSSR count). The predicted octanol–water partition coefficient (Wildman–Crippen LogP) is 3.87. The molecule has 2 N–H and O–H groups in total. The van der Waals surface area contributed by atoms with Crippen LogP contribution in [-0.2, 0) is 17.8 Å². The zero-order valence-corrected chi connectivity index (χ0v) is 16.5. The molecule has 0 aromatic heterocycles. The highest BCUT2D eigenvalue weighted by Gasteiger charge is 2.32. The maximum absolute atomic E-state index is 13.4. The lowest BCUT2D eigenvalue weighted by Gasteiger charge is -2.26. The quantitative estimate of drug-likeness (QED) is 0.649. The average Bonchev–Trinajstić information content (AvgIpc) is 3.28. The van der Waals surface area contributed by atoms with Crippen LogP contribution in [0.25, 0.3) is 0 Å². The van der Waals surface area contributed by atoms with Crippen LogP contribution in [-0.4, -0.2) is 23.4 Å². The van der Waals surface area contributed by atoms with Gasteiger partial charge >= 0.3 is 0 Å². The first kappa shape index (κ1) is 19.4. The zero-order chi connectivity index (χ0) is 19.9. The Morgan fingerprint density at radius 3 is 2.03 bits per heavy atom. The van der Waals surface area contributed by atoms with Gasteiger partial charge in [0.15, 0.2) is 0 Å². The number of rotatable bonds is 7. The number of amides is 1. The number of nitrogens with zero attached hydrogens (tertiary/aromatic N) is 1. The van der Waals surface area contributed by atoms with Gasteiger partial charge in [0.1, 0.15) is 6.04 Å². The van der Waals surface area contributed by atoms with Crippen molar-refractivity contribution in [1.82, 2.24) is 15.8 Å². The second-order valence-electron chi connectivity index (χ2n) is 7.52. The van der Waals surface area contributed by atoms with Gasteiger partial charge in [0, 0.05) is 19.1 Å². The van der Waals surface area contributed by atoms with E-state index in [2.05, 4.69) is 47.2 Å². The molecule has 1 fully saturated rings. The molecule has 1 aliphatic heterocycles. The van der Waals surface area contributed by atoms with Crippen molar-refractivity contribution >= 4 is 5.91 Å². The molecule has 1 saturated heterocycles. The molecule has 0 radical (unpaired) electrons. The van der Waals surface area contributed by atoms with Crippen LogP contribution in [0.1, 0.15) is 29.2 Å². The summed E-state index contributed by atoms with van der Waals surface area (Å²) in [5.41, 5.74) is 10.1. The van der Waals surface area contributed by atoms with Crippen molar-refractivity contribution in [2.24, 2.45) is 0 Å². The van der Waals surface area contributed by atoms with Gasteiger partial charge in [-0.1, -0.05) is 91.0 Å². The third kappa shape index (κ3) is 5.11. The molecule has 4 heteroatoms. The molecule has 1 heterocycles. The summed E-state index contributed by atoms with van der Waals surface area (Å²) >= 11 is 0. The van der Waals surface area contributed by atoms with Gasteiger partial charge in [0.25, 0.3) is 0 Å². The Bertz CT molecular complexity index is 899. The Balaban J connectivity index is 1.45. The summed E-state index contributed by atoms with van der Waals surface area (Å²) in [6, 6.07) is 30.8. The van der Waals surface area contributed by atoms with E-state index in [0.717, 1.165) is 18.4 Å². The molecule has 148 valence electrons. The fourth-order valence-electron chi connectivity index (χ4n) is 3.82. The van der Waals surface area contributed by atoms with Crippen molar-refractivity contribution in [2.45, 2.75) is 31.5 Å².